The lowest BCUT2D eigenvalue weighted by atomic mass is 9.97. The highest BCUT2D eigenvalue weighted by Gasteiger charge is 2.15. The van der Waals surface area contributed by atoms with Crippen LogP contribution in [0.15, 0.2) is 66.9 Å². The van der Waals surface area contributed by atoms with E-state index >= 15 is 0 Å². The number of pyridine rings is 1. The maximum Gasteiger partial charge on any atom is 0.131 e. The van der Waals surface area contributed by atoms with Crippen LogP contribution in [0.2, 0.25) is 0 Å². The van der Waals surface area contributed by atoms with Crippen LogP contribution in [0.4, 0.5) is 4.39 Å². The monoisotopic (exact) mass is 428 g/mol. The van der Waals surface area contributed by atoms with Crippen LogP contribution >= 0.6 is 0 Å². The minimum absolute atomic E-state index is 0.242. The van der Waals surface area contributed by atoms with Crippen molar-refractivity contribution in [2.45, 2.75) is 13.5 Å². The topological polar surface area (TPSA) is 54.0 Å². The van der Waals surface area contributed by atoms with Gasteiger partial charge < -0.3 is 4.74 Å². The Bertz CT molecular complexity index is 1210. The number of ether oxygens (including phenoxy) is 1. The molecule has 162 valence electrons. The fraction of sp³-hybridized carbons (Fsp3) is 0.231. The molecule has 1 saturated heterocycles. The largest absolute Gasteiger partial charge is 0.379 e. The van der Waals surface area contributed by atoms with Gasteiger partial charge in [-0.3, -0.25) is 15.0 Å². The van der Waals surface area contributed by atoms with E-state index in [1.807, 2.05) is 43.3 Å². The summed E-state index contributed by atoms with van der Waals surface area (Å²) < 4.78 is 20.2. The molecule has 0 atom stereocenters. The maximum absolute atomic E-state index is 14.8. The molecule has 0 saturated carbocycles. The van der Waals surface area contributed by atoms with Gasteiger partial charge in [-0.05, 0) is 47.9 Å². The second kappa shape index (κ2) is 9.02. The molecule has 0 unspecified atom stereocenters. The van der Waals surface area contributed by atoms with E-state index < -0.39 is 0 Å². The number of rotatable bonds is 5. The van der Waals surface area contributed by atoms with Crippen molar-refractivity contribution in [3.8, 4) is 33.6 Å². The molecular formula is C26H25FN4O. The summed E-state index contributed by atoms with van der Waals surface area (Å²) in [6.45, 7) is 6.29. The number of H-pyrrole nitrogens is 1. The Morgan fingerprint density at radius 1 is 0.969 bits per heavy atom. The number of morpholine rings is 1. The van der Waals surface area contributed by atoms with E-state index in [1.54, 1.807) is 12.3 Å². The first-order chi connectivity index (χ1) is 15.7. The summed E-state index contributed by atoms with van der Waals surface area (Å²) in [4.78, 5) is 6.97. The quantitative estimate of drug-likeness (QED) is 0.481. The molecule has 0 bridgehead atoms. The molecule has 0 amide bonds. The Morgan fingerprint density at radius 2 is 1.75 bits per heavy atom. The van der Waals surface area contributed by atoms with Crippen molar-refractivity contribution in [3.63, 3.8) is 0 Å². The highest BCUT2D eigenvalue weighted by molar-refractivity contribution is 5.81. The summed E-state index contributed by atoms with van der Waals surface area (Å²) in [7, 11) is 0. The van der Waals surface area contributed by atoms with Crippen molar-refractivity contribution in [1.29, 1.82) is 0 Å². The first kappa shape index (κ1) is 20.5. The molecule has 1 fully saturated rings. The summed E-state index contributed by atoms with van der Waals surface area (Å²) >= 11 is 0. The minimum Gasteiger partial charge on any atom is -0.379 e. The van der Waals surface area contributed by atoms with Gasteiger partial charge in [-0.15, -0.1) is 0 Å². The molecule has 0 spiro atoms. The fourth-order valence-corrected chi connectivity index (χ4v) is 4.10. The number of nitrogens with zero attached hydrogens (tertiary/aromatic N) is 3. The van der Waals surface area contributed by atoms with Gasteiger partial charge in [0.15, 0.2) is 0 Å². The lowest BCUT2D eigenvalue weighted by Gasteiger charge is -2.26. The zero-order valence-corrected chi connectivity index (χ0v) is 18.0. The molecule has 1 N–H and O–H groups in total. The van der Waals surface area contributed by atoms with Gasteiger partial charge in [0.25, 0.3) is 0 Å². The van der Waals surface area contributed by atoms with E-state index in [0.717, 1.165) is 66.6 Å². The van der Waals surface area contributed by atoms with Gasteiger partial charge in [-0.2, -0.15) is 5.10 Å². The third kappa shape index (κ3) is 4.33. The molecule has 32 heavy (non-hydrogen) atoms. The normalized spacial score (nSPS) is 14.6. The second-order valence-corrected chi connectivity index (χ2v) is 8.10. The molecule has 4 aromatic rings. The lowest BCUT2D eigenvalue weighted by molar-refractivity contribution is 0.0342. The number of hydrogen-bond donors (Lipinski definition) is 1. The average molecular weight is 429 g/mol. The van der Waals surface area contributed by atoms with Gasteiger partial charge in [0.05, 0.1) is 30.8 Å². The van der Waals surface area contributed by atoms with Crippen molar-refractivity contribution in [1.82, 2.24) is 20.1 Å². The third-order valence-electron chi connectivity index (χ3n) is 5.84. The van der Waals surface area contributed by atoms with Gasteiger partial charge in [0.1, 0.15) is 5.82 Å². The third-order valence-corrected chi connectivity index (χ3v) is 5.84. The van der Waals surface area contributed by atoms with Crippen LogP contribution in [-0.2, 0) is 11.3 Å². The number of aromatic nitrogens is 3. The SMILES string of the molecule is Cc1cccc(-c2[nH]ncc2-c2ccc(F)c(-c3ccc(CN4CCOCC4)cc3)c2)n1. The molecule has 0 radical (unpaired) electrons. The molecule has 6 heteroatoms. The predicted molar refractivity (Wildman–Crippen MR) is 123 cm³/mol. The van der Waals surface area contributed by atoms with Crippen LogP contribution in [0.25, 0.3) is 33.6 Å². The van der Waals surface area contributed by atoms with Crippen molar-refractivity contribution in [2.24, 2.45) is 0 Å². The summed E-state index contributed by atoms with van der Waals surface area (Å²) in [5, 5.41) is 7.27. The molecule has 2 aromatic heterocycles. The Balaban J connectivity index is 1.43. The standard InChI is InChI=1S/C26H25FN4O/c1-18-3-2-4-25(29-18)26-23(16-28-30-26)21-9-10-24(27)22(15-21)20-7-5-19(6-8-20)17-31-11-13-32-14-12-31/h2-10,15-16H,11-14,17H2,1H3,(H,28,30). The average Bonchev–Trinajstić information content (AvgIpc) is 3.31. The number of hydrogen-bond acceptors (Lipinski definition) is 4. The smallest absolute Gasteiger partial charge is 0.131 e. The van der Waals surface area contributed by atoms with Crippen LogP contribution in [0.3, 0.4) is 0 Å². The van der Waals surface area contributed by atoms with Crippen LogP contribution in [-0.4, -0.2) is 46.4 Å². The number of halogens is 1. The molecule has 1 aliphatic heterocycles. The zero-order valence-electron chi connectivity index (χ0n) is 18.0. The highest BCUT2D eigenvalue weighted by Crippen LogP contribution is 2.33. The summed E-state index contributed by atoms with van der Waals surface area (Å²) in [6, 6.07) is 19.2. The molecular weight excluding hydrogens is 403 g/mol. The van der Waals surface area contributed by atoms with Crippen molar-refractivity contribution >= 4 is 0 Å². The number of benzene rings is 2. The molecule has 1 aliphatic rings. The highest BCUT2D eigenvalue weighted by atomic mass is 19.1. The van der Waals surface area contributed by atoms with Gasteiger partial charge in [-0.1, -0.05) is 36.4 Å². The van der Waals surface area contributed by atoms with Gasteiger partial charge in [0.2, 0.25) is 0 Å². The Labute approximate surface area is 186 Å². The fourth-order valence-electron chi connectivity index (χ4n) is 4.10. The van der Waals surface area contributed by atoms with Crippen LogP contribution in [0.1, 0.15) is 11.3 Å². The summed E-state index contributed by atoms with van der Waals surface area (Å²) in [5.74, 6) is -0.242. The first-order valence-electron chi connectivity index (χ1n) is 10.8. The lowest BCUT2D eigenvalue weighted by Crippen LogP contribution is -2.35. The summed E-state index contributed by atoms with van der Waals surface area (Å²) in [5.41, 5.74) is 7.01. The number of aromatic amines is 1. The minimum atomic E-state index is -0.242. The van der Waals surface area contributed by atoms with E-state index in [1.165, 1.54) is 11.6 Å². The van der Waals surface area contributed by atoms with Gasteiger partial charge >= 0.3 is 0 Å². The van der Waals surface area contributed by atoms with Crippen LogP contribution < -0.4 is 0 Å². The molecule has 3 heterocycles. The van der Waals surface area contributed by atoms with Crippen LogP contribution in [0, 0.1) is 12.7 Å². The Kier molecular flexibility index (Phi) is 5.79. The molecule has 0 aliphatic carbocycles. The second-order valence-electron chi connectivity index (χ2n) is 8.10. The molecule has 2 aromatic carbocycles. The first-order valence-corrected chi connectivity index (χ1v) is 10.8. The van der Waals surface area contributed by atoms with E-state index in [2.05, 4.69) is 32.2 Å². The summed E-state index contributed by atoms with van der Waals surface area (Å²) in [6.07, 6.45) is 1.77. The Morgan fingerprint density at radius 3 is 2.53 bits per heavy atom. The van der Waals surface area contributed by atoms with Crippen molar-refractivity contribution in [2.75, 3.05) is 26.3 Å². The van der Waals surface area contributed by atoms with E-state index in [-0.39, 0.29) is 5.82 Å². The van der Waals surface area contributed by atoms with E-state index in [0.29, 0.717) is 5.56 Å². The van der Waals surface area contributed by atoms with Crippen molar-refractivity contribution in [3.05, 3.63) is 83.9 Å². The number of nitrogens with one attached hydrogen (secondary N) is 1. The predicted octanol–water partition coefficient (Wildman–Crippen LogP) is 5.09. The van der Waals surface area contributed by atoms with E-state index in [4.69, 9.17) is 4.74 Å². The van der Waals surface area contributed by atoms with Crippen LogP contribution in [0.5, 0.6) is 0 Å². The van der Waals surface area contributed by atoms with Crippen molar-refractivity contribution < 1.29 is 9.13 Å². The molecule has 5 rings (SSSR count). The van der Waals surface area contributed by atoms with E-state index in [9.17, 15) is 4.39 Å². The maximum atomic E-state index is 14.8. The molecule has 5 nitrogen and oxygen atoms in total. The zero-order chi connectivity index (χ0) is 21.9. The number of aryl methyl sites for hydroxylation is 1. The Hall–Kier alpha value is -3.35. The van der Waals surface area contributed by atoms with Gasteiger partial charge in [-0.25, -0.2) is 4.39 Å². The van der Waals surface area contributed by atoms with Gasteiger partial charge in [0, 0.05) is 36.5 Å².